The van der Waals surface area contributed by atoms with E-state index >= 15 is 0 Å². The van der Waals surface area contributed by atoms with Gasteiger partial charge in [0, 0.05) is 5.56 Å². The Bertz CT molecular complexity index is 1070. The topological polar surface area (TPSA) is 40.5 Å². The van der Waals surface area contributed by atoms with Crippen LogP contribution in [0.1, 0.15) is 11.1 Å². The van der Waals surface area contributed by atoms with E-state index < -0.39 is 0 Å². The number of rotatable bonds is 5. The predicted octanol–water partition coefficient (Wildman–Crippen LogP) is 6.22. The molecule has 0 atom stereocenters. The number of aromatic hydroxyl groups is 2. The van der Waals surface area contributed by atoms with Gasteiger partial charge in [0.15, 0.2) is 0 Å². The highest BCUT2D eigenvalue weighted by Crippen LogP contribution is 2.40. The van der Waals surface area contributed by atoms with Crippen molar-refractivity contribution in [2.45, 2.75) is 12.8 Å². The van der Waals surface area contributed by atoms with Gasteiger partial charge in [0.2, 0.25) is 0 Å². The molecular weight excluding hydrogens is 344 g/mol. The summed E-state index contributed by atoms with van der Waals surface area (Å²) in [6.45, 7) is 0. The molecule has 0 saturated carbocycles. The van der Waals surface area contributed by atoms with Crippen molar-refractivity contribution in [3.05, 3.63) is 108 Å². The summed E-state index contributed by atoms with van der Waals surface area (Å²) < 4.78 is 0. The molecule has 0 unspecified atom stereocenters. The molecule has 0 bridgehead atoms. The summed E-state index contributed by atoms with van der Waals surface area (Å²) in [5, 5.41) is 20.8. The lowest BCUT2D eigenvalue weighted by molar-refractivity contribution is 0.462. The third-order valence-corrected chi connectivity index (χ3v) is 5.07. The summed E-state index contributed by atoms with van der Waals surface area (Å²) in [7, 11) is 0. The summed E-state index contributed by atoms with van der Waals surface area (Å²) in [6.07, 6.45) is 1.28. The molecule has 138 valence electrons. The highest BCUT2D eigenvalue weighted by atomic mass is 16.3. The van der Waals surface area contributed by atoms with Gasteiger partial charge in [-0.05, 0) is 52.8 Å². The minimum absolute atomic E-state index is 0.286. The monoisotopic (exact) mass is 366 g/mol. The average molecular weight is 366 g/mol. The molecule has 4 rings (SSSR count). The molecular formula is C26H22O2. The molecule has 0 spiro atoms. The third-order valence-electron chi connectivity index (χ3n) is 5.07. The van der Waals surface area contributed by atoms with Gasteiger partial charge in [-0.15, -0.1) is 0 Å². The van der Waals surface area contributed by atoms with Crippen molar-refractivity contribution in [1.29, 1.82) is 0 Å². The molecule has 0 heterocycles. The van der Waals surface area contributed by atoms with Gasteiger partial charge in [0.1, 0.15) is 11.5 Å². The van der Waals surface area contributed by atoms with E-state index in [0.29, 0.717) is 18.6 Å². The van der Waals surface area contributed by atoms with Crippen LogP contribution in [0.5, 0.6) is 11.5 Å². The van der Waals surface area contributed by atoms with E-state index in [-0.39, 0.29) is 5.75 Å². The van der Waals surface area contributed by atoms with Crippen molar-refractivity contribution in [1.82, 2.24) is 0 Å². The van der Waals surface area contributed by atoms with Crippen LogP contribution in [0, 0.1) is 0 Å². The zero-order chi connectivity index (χ0) is 19.3. The van der Waals surface area contributed by atoms with E-state index in [1.165, 1.54) is 0 Å². The molecule has 28 heavy (non-hydrogen) atoms. The first-order valence-electron chi connectivity index (χ1n) is 9.46. The molecule has 4 aromatic rings. The highest BCUT2D eigenvalue weighted by Gasteiger charge is 2.16. The Kier molecular flexibility index (Phi) is 5.11. The van der Waals surface area contributed by atoms with E-state index in [1.54, 1.807) is 12.1 Å². The van der Waals surface area contributed by atoms with Gasteiger partial charge in [-0.2, -0.15) is 0 Å². The molecule has 2 N–H and O–H groups in total. The van der Waals surface area contributed by atoms with Gasteiger partial charge < -0.3 is 10.2 Å². The zero-order valence-corrected chi connectivity index (χ0v) is 15.5. The second-order valence-electron chi connectivity index (χ2n) is 6.85. The van der Waals surface area contributed by atoms with E-state index in [4.69, 9.17) is 0 Å². The fraction of sp³-hybridized carbons (Fsp3) is 0.0769. The molecule has 0 aliphatic rings. The quantitative estimate of drug-likeness (QED) is 0.440. The van der Waals surface area contributed by atoms with Crippen LogP contribution >= 0.6 is 0 Å². The standard InChI is InChI=1S/C26H22O2/c27-24-14-8-7-11-20(24)15-16-23-25(28)18-17-22(19-9-3-1-4-10-19)26(23)21-12-5-2-6-13-21/h1-14,17-18,27-28H,15-16H2. The minimum Gasteiger partial charge on any atom is -0.508 e. The van der Waals surface area contributed by atoms with E-state index in [9.17, 15) is 10.2 Å². The molecule has 4 aromatic carbocycles. The van der Waals surface area contributed by atoms with Crippen LogP contribution in [-0.2, 0) is 12.8 Å². The first-order chi connectivity index (χ1) is 13.7. The lowest BCUT2D eigenvalue weighted by atomic mass is 9.87. The van der Waals surface area contributed by atoms with Crippen LogP contribution < -0.4 is 0 Å². The lowest BCUT2D eigenvalue weighted by Gasteiger charge is -2.18. The molecule has 2 heteroatoms. The number of phenolic OH excluding ortho intramolecular Hbond substituents is 2. The summed E-state index contributed by atoms with van der Waals surface area (Å²) in [5.74, 6) is 0.580. The lowest BCUT2D eigenvalue weighted by Crippen LogP contribution is -1.98. The molecule has 0 aliphatic carbocycles. The maximum atomic E-state index is 10.7. The normalized spacial score (nSPS) is 10.7. The number of aryl methyl sites for hydroxylation is 1. The van der Waals surface area contributed by atoms with Gasteiger partial charge in [-0.1, -0.05) is 84.9 Å². The first-order valence-corrected chi connectivity index (χ1v) is 9.46. The van der Waals surface area contributed by atoms with Crippen molar-refractivity contribution in [2.75, 3.05) is 0 Å². The third kappa shape index (κ3) is 3.63. The maximum Gasteiger partial charge on any atom is 0.119 e. The van der Waals surface area contributed by atoms with E-state index in [0.717, 1.165) is 33.4 Å². The summed E-state index contributed by atoms with van der Waals surface area (Å²) in [4.78, 5) is 0. The highest BCUT2D eigenvalue weighted by molar-refractivity contribution is 5.87. The van der Waals surface area contributed by atoms with Crippen molar-refractivity contribution in [3.63, 3.8) is 0 Å². The number of para-hydroxylation sites is 1. The Morgan fingerprint density at radius 1 is 0.500 bits per heavy atom. The van der Waals surface area contributed by atoms with Gasteiger partial charge in [0.25, 0.3) is 0 Å². The number of benzene rings is 4. The molecule has 0 saturated heterocycles. The fourth-order valence-electron chi connectivity index (χ4n) is 3.66. The fourth-order valence-corrected chi connectivity index (χ4v) is 3.66. The molecule has 2 nitrogen and oxygen atoms in total. The molecule has 0 aliphatic heterocycles. The van der Waals surface area contributed by atoms with Crippen LogP contribution in [0.4, 0.5) is 0 Å². The second kappa shape index (κ2) is 8.01. The molecule has 0 aromatic heterocycles. The number of hydrogen-bond donors (Lipinski definition) is 2. The Balaban J connectivity index is 1.84. The first kappa shape index (κ1) is 17.9. The second-order valence-corrected chi connectivity index (χ2v) is 6.85. The van der Waals surface area contributed by atoms with Gasteiger partial charge in [-0.25, -0.2) is 0 Å². The van der Waals surface area contributed by atoms with Crippen LogP contribution in [-0.4, -0.2) is 10.2 Å². The molecule has 0 amide bonds. The minimum atomic E-state index is 0.286. The Morgan fingerprint density at radius 2 is 1.11 bits per heavy atom. The van der Waals surface area contributed by atoms with Gasteiger partial charge in [-0.3, -0.25) is 0 Å². The SMILES string of the molecule is Oc1ccccc1CCc1c(O)ccc(-c2ccccc2)c1-c1ccccc1. The van der Waals surface area contributed by atoms with Gasteiger partial charge in [0.05, 0.1) is 0 Å². The average Bonchev–Trinajstić information content (AvgIpc) is 2.75. The Hall–Kier alpha value is -3.52. The summed E-state index contributed by atoms with van der Waals surface area (Å²) in [6, 6.07) is 31.5. The van der Waals surface area contributed by atoms with Crippen molar-refractivity contribution in [2.24, 2.45) is 0 Å². The predicted molar refractivity (Wildman–Crippen MR) is 114 cm³/mol. The van der Waals surface area contributed by atoms with Crippen LogP contribution in [0.2, 0.25) is 0 Å². The van der Waals surface area contributed by atoms with Crippen LogP contribution in [0.15, 0.2) is 97.1 Å². The number of hydrogen-bond acceptors (Lipinski definition) is 2. The largest absolute Gasteiger partial charge is 0.508 e. The summed E-state index contributed by atoms with van der Waals surface area (Å²) in [5.41, 5.74) is 6.11. The van der Waals surface area contributed by atoms with E-state index in [2.05, 4.69) is 24.3 Å². The number of phenols is 2. The maximum absolute atomic E-state index is 10.7. The molecule has 0 fully saturated rings. The van der Waals surface area contributed by atoms with E-state index in [1.807, 2.05) is 60.7 Å². The van der Waals surface area contributed by atoms with Crippen molar-refractivity contribution >= 4 is 0 Å². The van der Waals surface area contributed by atoms with Crippen LogP contribution in [0.3, 0.4) is 0 Å². The molecule has 0 radical (unpaired) electrons. The van der Waals surface area contributed by atoms with Gasteiger partial charge >= 0.3 is 0 Å². The van der Waals surface area contributed by atoms with Crippen LogP contribution in [0.25, 0.3) is 22.3 Å². The van der Waals surface area contributed by atoms with Crippen molar-refractivity contribution < 1.29 is 10.2 Å². The Morgan fingerprint density at radius 3 is 1.79 bits per heavy atom. The Labute approximate surface area is 165 Å². The summed E-state index contributed by atoms with van der Waals surface area (Å²) >= 11 is 0. The van der Waals surface area contributed by atoms with Crippen molar-refractivity contribution in [3.8, 4) is 33.8 Å². The zero-order valence-electron chi connectivity index (χ0n) is 15.5. The smallest absolute Gasteiger partial charge is 0.119 e.